The number of rotatable bonds is 5. The topological polar surface area (TPSA) is 66.8 Å². The molecule has 0 atom stereocenters. The second kappa shape index (κ2) is 8.13. The Hall–Kier alpha value is -2.82. The molecule has 2 aliphatic rings. The van der Waals surface area contributed by atoms with Crippen LogP contribution in [0.5, 0.6) is 0 Å². The van der Waals surface area contributed by atoms with Gasteiger partial charge < -0.3 is 9.84 Å². The maximum atomic E-state index is 13.2. The lowest BCUT2D eigenvalue weighted by Crippen LogP contribution is -2.58. The van der Waals surface area contributed by atoms with E-state index < -0.39 is 17.6 Å². The van der Waals surface area contributed by atoms with Crippen molar-refractivity contribution < 1.29 is 19.4 Å². The van der Waals surface area contributed by atoms with Crippen LogP contribution in [-0.4, -0.2) is 40.3 Å². The summed E-state index contributed by atoms with van der Waals surface area (Å²) in [4.78, 5) is 26.6. The number of aliphatic carboxylic acids is 1. The summed E-state index contributed by atoms with van der Waals surface area (Å²) in [5, 5.41) is 9.78. The van der Waals surface area contributed by atoms with Gasteiger partial charge in [0.1, 0.15) is 12.1 Å². The number of nitrogens with zero attached hydrogens (tertiary/aromatic N) is 1. The van der Waals surface area contributed by atoms with Gasteiger partial charge in [-0.25, -0.2) is 9.59 Å². The first-order valence-corrected chi connectivity index (χ1v) is 10.8. The molecule has 0 radical (unpaired) electrons. The number of amides is 1. The minimum atomic E-state index is -1.31. The zero-order valence-electron chi connectivity index (χ0n) is 17.6. The number of carbonyl (C=O) groups excluding carboxylic acids is 1. The van der Waals surface area contributed by atoms with E-state index >= 15 is 0 Å². The normalized spacial score (nSPS) is 16.6. The van der Waals surface area contributed by atoms with Crippen LogP contribution in [0.3, 0.4) is 0 Å². The first kappa shape index (κ1) is 20.5. The van der Waals surface area contributed by atoms with Gasteiger partial charge >= 0.3 is 12.1 Å². The van der Waals surface area contributed by atoms with Gasteiger partial charge in [-0.1, -0.05) is 67.8 Å². The third kappa shape index (κ3) is 3.57. The van der Waals surface area contributed by atoms with Gasteiger partial charge in [0.05, 0.1) is 0 Å². The Morgan fingerprint density at radius 3 is 2.03 bits per heavy atom. The van der Waals surface area contributed by atoms with Crippen molar-refractivity contribution in [2.45, 2.75) is 63.5 Å². The monoisotopic (exact) mass is 407 g/mol. The van der Waals surface area contributed by atoms with Crippen LogP contribution in [-0.2, 0) is 9.53 Å². The standard InChI is InChI=1S/C25H29NO4/c1-25(2,23(27)28)26(17-10-4-3-5-11-17)24(29)30-16-22-20-14-8-6-12-18(20)19-13-7-9-15-21(19)22/h6-9,12-15,17,22H,3-5,10-11,16H2,1-2H3,(H,27,28). The maximum Gasteiger partial charge on any atom is 0.410 e. The summed E-state index contributed by atoms with van der Waals surface area (Å²) in [5.41, 5.74) is 3.32. The van der Waals surface area contributed by atoms with E-state index in [0.29, 0.717) is 0 Å². The summed E-state index contributed by atoms with van der Waals surface area (Å²) >= 11 is 0. The first-order valence-electron chi connectivity index (χ1n) is 10.8. The van der Waals surface area contributed by atoms with Gasteiger partial charge in [-0.3, -0.25) is 4.90 Å². The molecule has 5 nitrogen and oxygen atoms in total. The van der Waals surface area contributed by atoms with Crippen molar-refractivity contribution >= 4 is 12.1 Å². The van der Waals surface area contributed by atoms with Gasteiger partial charge in [0.15, 0.2) is 0 Å². The molecule has 0 unspecified atom stereocenters. The fraction of sp³-hybridized carbons (Fsp3) is 0.440. The zero-order valence-corrected chi connectivity index (χ0v) is 17.6. The van der Waals surface area contributed by atoms with Gasteiger partial charge in [0, 0.05) is 12.0 Å². The molecule has 1 saturated carbocycles. The molecule has 1 fully saturated rings. The molecule has 5 heteroatoms. The van der Waals surface area contributed by atoms with Crippen molar-refractivity contribution in [2.24, 2.45) is 0 Å². The van der Waals surface area contributed by atoms with Crippen molar-refractivity contribution in [3.8, 4) is 11.1 Å². The van der Waals surface area contributed by atoms with Crippen LogP contribution < -0.4 is 0 Å². The Bertz CT molecular complexity index is 900. The highest BCUT2D eigenvalue weighted by atomic mass is 16.6. The van der Waals surface area contributed by atoms with E-state index in [-0.39, 0.29) is 18.6 Å². The molecule has 0 saturated heterocycles. The number of benzene rings is 2. The first-order chi connectivity index (χ1) is 14.4. The van der Waals surface area contributed by atoms with E-state index in [0.717, 1.165) is 43.2 Å². The molecule has 30 heavy (non-hydrogen) atoms. The van der Waals surface area contributed by atoms with Crippen LogP contribution in [0.15, 0.2) is 48.5 Å². The van der Waals surface area contributed by atoms with Crippen LogP contribution in [0.2, 0.25) is 0 Å². The lowest BCUT2D eigenvalue weighted by atomic mass is 9.90. The third-order valence-corrected chi connectivity index (χ3v) is 6.60. The number of hydrogen-bond donors (Lipinski definition) is 1. The van der Waals surface area contributed by atoms with Crippen LogP contribution in [0.25, 0.3) is 11.1 Å². The van der Waals surface area contributed by atoms with E-state index in [2.05, 4.69) is 24.3 Å². The summed E-state index contributed by atoms with van der Waals surface area (Å²) in [6, 6.07) is 16.3. The van der Waals surface area contributed by atoms with Gasteiger partial charge in [0.25, 0.3) is 0 Å². The van der Waals surface area contributed by atoms with Crippen molar-refractivity contribution in [1.29, 1.82) is 0 Å². The summed E-state index contributed by atoms with van der Waals surface area (Å²) < 4.78 is 5.82. The highest BCUT2D eigenvalue weighted by Gasteiger charge is 2.43. The molecule has 1 amide bonds. The number of hydrogen-bond acceptors (Lipinski definition) is 3. The van der Waals surface area contributed by atoms with Crippen LogP contribution >= 0.6 is 0 Å². The average molecular weight is 408 g/mol. The minimum Gasteiger partial charge on any atom is -0.480 e. The van der Waals surface area contributed by atoms with Crippen LogP contribution in [0, 0.1) is 0 Å². The molecule has 2 aromatic rings. The van der Waals surface area contributed by atoms with E-state index in [1.807, 2.05) is 24.3 Å². The summed E-state index contributed by atoms with van der Waals surface area (Å²) in [7, 11) is 0. The molecule has 0 aliphatic heterocycles. The lowest BCUT2D eigenvalue weighted by Gasteiger charge is -2.41. The predicted molar refractivity (Wildman–Crippen MR) is 115 cm³/mol. The lowest BCUT2D eigenvalue weighted by molar-refractivity contribution is -0.150. The molecular formula is C25H29NO4. The highest BCUT2D eigenvalue weighted by Crippen LogP contribution is 2.44. The largest absolute Gasteiger partial charge is 0.480 e. The number of carboxylic acids is 1. The molecule has 4 rings (SSSR count). The SMILES string of the molecule is CC(C)(C(=O)O)N(C(=O)OCC1c2ccccc2-c2ccccc21)C1CCCCC1. The fourth-order valence-electron chi connectivity index (χ4n) is 4.94. The number of carboxylic acid groups (broad SMARTS) is 1. The van der Waals surface area contributed by atoms with Crippen molar-refractivity contribution in [1.82, 2.24) is 4.90 Å². The van der Waals surface area contributed by atoms with E-state index in [1.54, 1.807) is 13.8 Å². The van der Waals surface area contributed by atoms with Crippen LogP contribution in [0.4, 0.5) is 4.79 Å². The molecule has 158 valence electrons. The minimum absolute atomic E-state index is 0.0394. The second-order valence-corrected chi connectivity index (χ2v) is 8.83. The summed E-state index contributed by atoms with van der Waals surface area (Å²) in [6.45, 7) is 3.38. The molecular weight excluding hydrogens is 378 g/mol. The van der Waals surface area contributed by atoms with Crippen molar-refractivity contribution in [3.05, 3.63) is 59.7 Å². The Morgan fingerprint density at radius 1 is 0.967 bits per heavy atom. The molecule has 2 aliphatic carbocycles. The average Bonchev–Trinajstić information content (AvgIpc) is 3.07. The van der Waals surface area contributed by atoms with E-state index in [9.17, 15) is 14.7 Å². The Balaban J connectivity index is 1.57. The smallest absolute Gasteiger partial charge is 0.410 e. The zero-order chi connectivity index (χ0) is 21.3. The second-order valence-electron chi connectivity index (χ2n) is 8.83. The Morgan fingerprint density at radius 2 is 1.50 bits per heavy atom. The maximum absolute atomic E-state index is 13.2. The molecule has 0 bridgehead atoms. The molecule has 0 spiro atoms. The number of ether oxygens (including phenoxy) is 1. The van der Waals surface area contributed by atoms with Crippen LogP contribution in [0.1, 0.15) is 63.0 Å². The van der Waals surface area contributed by atoms with E-state index in [1.165, 1.54) is 16.0 Å². The molecule has 2 aromatic carbocycles. The predicted octanol–water partition coefficient (Wildman–Crippen LogP) is 5.43. The quantitative estimate of drug-likeness (QED) is 0.717. The summed E-state index contributed by atoms with van der Waals surface area (Å²) in [5.74, 6) is -1.05. The van der Waals surface area contributed by atoms with Gasteiger partial charge in [-0.05, 0) is 48.9 Å². The fourth-order valence-corrected chi connectivity index (χ4v) is 4.94. The molecule has 0 heterocycles. The third-order valence-electron chi connectivity index (χ3n) is 6.60. The van der Waals surface area contributed by atoms with Gasteiger partial charge in [-0.2, -0.15) is 0 Å². The molecule has 0 aromatic heterocycles. The Kier molecular flexibility index (Phi) is 5.54. The molecule has 1 N–H and O–H groups in total. The summed E-state index contributed by atoms with van der Waals surface area (Å²) in [6.07, 6.45) is 4.25. The number of carbonyl (C=O) groups is 2. The van der Waals surface area contributed by atoms with E-state index in [4.69, 9.17) is 4.74 Å². The van der Waals surface area contributed by atoms with Crippen molar-refractivity contribution in [3.63, 3.8) is 0 Å². The van der Waals surface area contributed by atoms with Crippen molar-refractivity contribution in [2.75, 3.05) is 6.61 Å². The number of fused-ring (bicyclic) bond motifs is 3. The Labute approximate surface area is 177 Å². The van der Waals surface area contributed by atoms with Gasteiger partial charge in [0.2, 0.25) is 0 Å². The highest BCUT2D eigenvalue weighted by molar-refractivity contribution is 5.84. The van der Waals surface area contributed by atoms with Gasteiger partial charge in [-0.15, -0.1) is 0 Å².